The number of hydrogen-bond donors (Lipinski definition) is 2. The molecule has 1 atom stereocenters. The molecule has 5 nitrogen and oxygen atoms in total. The average Bonchev–Trinajstić information content (AvgIpc) is 2.88. The van der Waals surface area contributed by atoms with E-state index in [-0.39, 0.29) is 18.4 Å². The summed E-state index contributed by atoms with van der Waals surface area (Å²) in [6.45, 7) is 1.75. The zero-order chi connectivity index (χ0) is 11.9. The van der Waals surface area contributed by atoms with Gasteiger partial charge in [-0.15, -0.1) is 12.4 Å². The van der Waals surface area contributed by atoms with Crippen molar-refractivity contribution in [2.75, 3.05) is 13.1 Å². The molecule has 0 aromatic heterocycles. The molecule has 1 aromatic rings. The van der Waals surface area contributed by atoms with E-state index >= 15 is 0 Å². The molecule has 18 heavy (non-hydrogen) atoms. The first-order valence-corrected chi connectivity index (χ1v) is 7.06. The van der Waals surface area contributed by atoms with Crippen LogP contribution in [-0.4, -0.2) is 33.4 Å². The van der Waals surface area contributed by atoms with E-state index < -0.39 is 10.0 Å². The van der Waals surface area contributed by atoms with Gasteiger partial charge >= 0.3 is 0 Å². The highest BCUT2D eigenvalue weighted by molar-refractivity contribution is 7.90. The van der Waals surface area contributed by atoms with E-state index in [1.165, 1.54) is 0 Å². The monoisotopic (exact) mass is 287 g/mol. The van der Waals surface area contributed by atoms with Gasteiger partial charge in [-0.25, -0.2) is 8.42 Å². The minimum atomic E-state index is -3.40. The molecule has 2 heterocycles. The maximum Gasteiger partial charge on any atom is 0.263 e. The van der Waals surface area contributed by atoms with Gasteiger partial charge in [0.15, 0.2) is 0 Å². The van der Waals surface area contributed by atoms with Crippen LogP contribution in [0.25, 0.3) is 0 Å². The molecule has 0 spiro atoms. The van der Waals surface area contributed by atoms with Crippen molar-refractivity contribution in [1.82, 2.24) is 10.0 Å². The highest BCUT2D eigenvalue weighted by Crippen LogP contribution is 2.22. The summed E-state index contributed by atoms with van der Waals surface area (Å²) in [7, 11) is -3.40. The molecule has 3 rings (SSSR count). The van der Waals surface area contributed by atoms with Gasteiger partial charge in [0.1, 0.15) is 5.84 Å². The molecule has 0 saturated carbocycles. The van der Waals surface area contributed by atoms with Crippen molar-refractivity contribution in [3.8, 4) is 0 Å². The zero-order valence-corrected chi connectivity index (χ0v) is 11.2. The summed E-state index contributed by atoms with van der Waals surface area (Å²) in [5.74, 6) is 0.481. The van der Waals surface area contributed by atoms with Crippen molar-refractivity contribution in [1.29, 1.82) is 0 Å². The second kappa shape index (κ2) is 4.87. The largest absolute Gasteiger partial charge is 0.315 e. The van der Waals surface area contributed by atoms with E-state index in [1.54, 1.807) is 18.2 Å². The van der Waals surface area contributed by atoms with Crippen LogP contribution in [0.15, 0.2) is 34.2 Å². The molecule has 0 bridgehead atoms. The first-order valence-electron chi connectivity index (χ1n) is 5.57. The molecule has 0 amide bonds. The number of hydrogen-bond acceptors (Lipinski definition) is 4. The first-order chi connectivity index (χ1) is 8.17. The predicted octanol–water partition coefficient (Wildman–Crippen LogP) is 0.509. The Hall–Kier alpha value is -1.11. The normalized spacial score (nSPS) is 26.4. The topological polar surface area (TPSA) is 70.6 Å². The minimum Gasteiger partial charge on any atom is -0.315 e. The highest BCUT2D eigenvalue weighted by atomic mass is 35.5. The van der Waals surface area contributed by atoms with E-state index in [2.05, 4.69) is 15.0 Å². The molecule has 1 saturated heterocycles. The number of nitrogens with one attached hydrogen (secondary N) is 2. The smallest absolute Gasteiger partial charge is 0.263 e. The lowest BCUT2D eigenvalue weighted by molar-refractivity contribution is 0.595. The van der Waals surface area contributed by atoms with Crippen molar-refractivity contribution in [3.05, 3.63) is 29.8 Å². The number of amidine groups is 1. The molecule has 2 aliphatic rings. The summed E-state index contributed by atoms with van der Waals surface area (Å²) in [5.41, 5.74) is 0.680. The van der Waals surface area contributed by atoms with Crippen LogP contribution in [-0.2, 0) is 10.0 Å². The Balaban J connectivity index is 0.00000120. The molecular formula is C11H14ClN3O2S. The van der Waals surface area contributed by atoms with Crippen molar-refractivity contribution in [2.24, 2.45) is 4.99 Å². The van der Waals surface area contributed by atoms with Crippen molar-refractivity contribution < 1.29 is 8.42 Å². The lowest BCUT2D eigenvalue weighted by Crippen LogP contribution is -2.24. The average molecular weight is 288 g/mol. The van der Waals surface area contributed by atoms with E-state index in [0.29, 0.717) is 16.3 Å². The van der Waals surface area contributed by atoms with E-state index in [1.807, 2.05) is 6.07 Å². The van der Waals surface area contributed by atoms with Crippen LogP contribution < -0.4 is 10.0 Å². The maximum atomic E-state index is 11.8. The van der Waals surface area contributed by atoms with E-state index in [9.17, 15) is 8.42 Å². The summed E-state index contributed by atoms with van der Waals surface area (Å²) < 4.78 is 26.2. The lowest BCUT2D eigenvalue weighted by atomic mass is 10.2. The summed E-state index contributed by atoms with van der Waals surface area (Å²) in [6, 6.07) is 7.10. The van der Waals surface area contributed by atoms with Crippen LogP contribution in [0.5, 0.6) is 0 Å². The van der Waals surface area contributed by atoms with Crippen LogP contribution in [0.2, 0.25) is 0 Å². The molecule has 1 aromatic carbocycles. The number of fused-ring (bicyclic) bond motifs is 1. The van der Waals surface area contributed by atoms with Crippen LogP contribution in [0.1, 0.15) is 12.0 Å². The molecule has 0 unspecified atom stereocenters. The third kappa shape index (κ3) is 2.23. The van der Waals surface area contributed by atoms with Gasteiger partial charge in [0.2, 0.25) is 0 Å². The van der Waals surface area contributed by atoms with Gasteiger partial charge in [-0.1, -0.05) is 12.1 Å². The van der Waals surface area contributed by atoms with E-state index in [4.69, 9.17) is 0 Å². The minimum absolute atomic E-state index is 0. The third-order valence-corrected chi connectivity index (χ3v) is 4.41. The zero-order valence-electron chi connectivity index (χ0n) is 9.59. The number of sulfonamides is 1. The van der Waals surface area contributed by atoms with Gasteiger partial charge < -0.3 is 5.32 Å². The molecule has 0 aliphatic carbocycles. The molecule has 1 fully saturated rings. The number of rotatable bonds is 1. The fourth-order valence-electron chi connectivity index (χ4n) is 2.16. The van der Waals surface area contributed by atoms with Gasteiger partial charge in [0.05, 0.1) is 10.9 Å². The van der Waals surface area contributed by atoms with E-state index in [0.717, 1.165) is 19.5 Å². The van der Waals surface area contributed by atoms with Crippen LogP contribution in [0.4, 0.5) is 0 Å². The number of halogens is 1. The Morgan fingerprint density at radius 2 is 2.06 bits per heavy atom. The van der Waals surface area contributed by atoms with Crippen LogP contribution >= 0.6 is 12.4 Å². The quantitative estimate of drug-likeness (QED) is 0.791. The Kier molecular flexibility index (Phi) is 3.61. The fourth-order valence-corrected chi connectivity index (χ4v) is 3.40. The number of benzene rings is 1. The summed E-state index contributed by atoms with van der Waals surface area (Å²) in [4.78, 5) is 4.80. The Labute approximate surface area is 112 Å². The standard InChI is InChI=1S/C11H13N3O2S.ClH/c15-17(16)10-4-2-1-3-9(10)11(14-17)13-8-5-6-12-7-8;/h1-4,8,12H,5-7H2,(H,13,14);1H/t8-;/m0./s1. The second-order valence-electron chi connectivity index (χ2n) is 4.23. The predicted molar refractivity (Wildman–Crippen MR) is 71.8 cm³/mol. The molecular weight excluding hydrogens is 274 g/mol. The van der Waals surface area contributed by atoms with Gasteiger partial charge in [-0.3, -0.25) is 9.71 Å². The maximum absolute atomic E-state index is 11.8. The van der Waals surface area contributed by atoms with Crippen molar-refractivity contribution in [3.63, 3.8) is 0 Å². The summed E-state index contributed by atoms with van der Waals surface area (Å²) in [5, 5.41) is 3.21. The number of nitrogens with zero attached hydrogens (tertiary/aromatic N) is 1. The Morgan fingerprint density at radius 1 is 1.28 bits per heavy atom. The van der Waals surface area contributed by atoms with Gasteiger partial charge in [-0.2, -0.15) is 0 Å². The first kappa shape index (κ1) is 13.3. The van der Waals surface area contributed by atoms with Crippen LogP contribution in [0.3, 0.4) is 0 Å². The molecule has 7 heteroatoms. The Bertz CT molecular complexity index is 580. The summed E-state index contributed by atoms with van der Waals surface area (Å²) in [6.07, 6.45) is 0.952. The SMILES string of the molecule is Cl.O=S1(=O)NC(=N[C@H]2CCNC2)c2ccccc21. The molecule has 0 radical (unpaired) electrons. The van der Waals surface area contributed by atoms with Crippen molar-refractivity contribution in [2.45, 2.75) is 17.4 Å². The van der Waals surface area contributed by atoms with Crippen LogP contribution in [0, 0.1) is 0 Å². The van der Waals surface area contributed by atoms with Gasteiger partial charge in [-0.05, 0) is 25.1 Å². The highest BCUT2D eigenvalue weighted by Gasteiger charge is 2.31. The van der Waals surface area contributed by atoms with Gasteiger partial charge in [0, 0.05) is 12.1 Å². The third-order valence-electron chi connectivity index (χ3n) is 3.01. The fraction of sp³-hybridized carbons (Fsp3) is 0.364. The number of aliphatic imine (C=N–C) groups is 1. The molecule has 2 N–H and O–H groups in total. The van der Waals surface area contributed by atoms with Crippen molar-refractivity contribution >= 4 is 28.3 Å². The second-order valence-corrected chi connectivity index (χ2v) is 5.88. The lowest BCUT2D eigenvalue weighted by Gasteiger charge is -2.03. The van der Waals surface area contributed by atoms with Gasteiger partial charge in [0.25, 0.3) is 10.0 Å². The molecule has 98 valence electrons. The Morgan fingerprint density at radius 3 is 2.78 bits per heavy atom. The summed E-state index contributed by atoms with van der Waals surface area (Å²) >= 11 is 0. The molecule has 2 aliphatic heterocycles.